The average Bonchev–Trinajstić information content (AvgIpc) is 2.54. The van der Waals surface area contributed by atoms with Gasteiger partial charge in [-0.2, -0.15) is 18.3 Å². The summed E-state index contributed by atoms with van der Waals surface area (Å²) in [6.07, 6.45) is -3.16. The minimum Gasteiger partial charge on any atom is -0.482 e. The lowest BCUT2D eigenvalue weighted by molar-refractivity contribution is -0.137. The Kier molecular flexibility index (Phi) is 5.81. The lowest BCUT2D eigenvalue weighted by atomic mass is 10.1. The van der Waals surface area contributed by atoms with Crippen molar-refractivity contribution in [1.82, 2.24) is 5.43 Å². The van der Waals surface area contributed by atoms with Crippen molar-refractivity contribution in [2.24, 2.45) is 5.10 Å². The third-order valence-corrected chi connectivity index (χ3v) is 3.15. The van der Waals surface area contributed by atoms with Crippen LogP contribution in [0.3, 0.4) is 0 Å². The molecule has 0 spiro atoms. The maximum absolute atomic E-state index is 12.4. The van der Waals surface area contributed by atoms with Gasteiger partial charge >= 0.3 is 6.18 Å². The third-order valence-electron chi connectivity index (χ3n) is 2.84. The van der Waals surface area contributed by atoms with E-state index in [2.05, 4.69) is 10.5 Å². The number of carbonyl (C=O) groups is 1. The van der Waals surface area contributed by atoms with Gasteiger partial charge < -0.3 is 4.74 Å². The third kappa shape index (κ3) is 5.27. The second-order valence-electron chi connectivity index (χ2n) is 4.63. The van der Waals surface area contributed by atoms with Crippen LogP contribution in [-0.4, -0.2) is 18.7 Å². The largest absolute Gasteiger partial charge is 0.482 e. The van der Waals surface area contributed by atoms with Gasteiger partial charge in [-0.1, -0.05) is 35.9 Å². The first kappa shape index (κ1) is 17.8. The first-order valence-electron chi connectivity index (χ1n) is 6.73. The summed E-state index contributed by atoms with van der Waals surface area (Å²) in [5, 5.41) is 4.02. The molecule has 2 rings (SSSR count). The maximum atomic E-state index is 12.4. The molecule has 0 aliphatic carbocycles. The normalized spacial score (nSPS) is 11.5. The van der Waals surface area contributed by atoms with Crippen LogP contribution in [0.25, 0.3) is 0 Å². The topological polar surface area (TPSA) is 50.7 Å². The first-order valence-corrected chi connectivity index (χ1v) is 7.10. The summed E-state index contributed by atoms with van der Waals surface area (Å²) < 4.78 is 42.5. The Bertz CT molecular complexity index is 731. The minimum atomic E-state index is -4.39. The molecule has 0 saturated heterocycles. The van der Waals surface area contributed by atoms with Crippen molar-refractivity contribution >= 4 is 23.7 Å². The highest BCUT2D eigenvalue weighted by molar-refractivity contribution is 6.32. The smallest absolute Gasteiger partial charge is 0.416 e. The molecule has 0 aromatic heterocycles. The number of nitrogens with one attached hydrogen (secondary N) is 1. The molecule has 1 amide bonds. The van der Waals surface area contributed by atoms with Gasteiger partial charge in [-0.25, -0.2) is 5.43 Å². The van der Waals surface area contributed by atoms with Gasteiger partial charge in [0.2, 0.25) is 0 Å². The molecule has 24 heavy (non-hydrogen) atoms. The van der Waals surface area contributed by atoms with Crippen molar-refractivity contribution in [2.75, 3.05) is 6.61 Å². The maximum Gasteiger partial charge on any atom is 0.416 e. The molecule has 8 heteroatoms. The average molecular weight is 357 g/mol. The quantitative estimate of drug-likeness (QED) is 0.652. The zero-order chi connectivity index (χ0) is 17.6. The fourth-order valence-corrected chi connectivity index (χ4v) is 1.86. The van der Waals surface area contributed by atoms with Crippen molar-refractivity contribution in [2.45, 2.75) is 6.18 Å². The lowest BCUT2D eigenvalue weighted by Gasteiger charge is -2.06. The van der Waals surface area contributed by atoms with E-state index in [9.17, 15) is 18.0 Å². The van der Waals surface area contributed by atoms with E-state index in [0.29, 0.717) is 16.3 Å². The number of rotatable bonds is 5. The number of alkyl halides is 3. The van der Waals surface area contributed by atoms with Crippen LogP contribution in [-0.2, 0) is 11.0 Å². The molecule has 0 radical (unpaired) electrons. The van der Waals surface area contributed by atoms with Crippen molar-refractivity contribution < 1.29 is 22.7 Å². The Labute approximate surface area is 140 Å². The fraction of sp³-hybridized carbons (Fsp3) is 0.125. The van der Waals surface area contributed by atoms with Crippen LogP contribution in [0.2, 0.25) is 5.02 Å². The molecular weight excluding hydrogens is 345 g/mol. The van der Waals surface area contributed by atoms with Crippen LogP contribution in [0.4, 0.5) is 13.2 Å². The van der Waals surface area contributed by atoms with Crippen LogP contribution < -0.4 is 10.2 Å². The molecule has 0 bridgehead atoms. The standard InChI is InChI=1S/C16H12ClF3N2O2/c17-13-3-1-2-4-14(13)24-10-15(23)22-21-9-11-5-7-12(8-6-11)16(18,19)20/h1-9H,10H2,(H,22,23)/b21-9+. The Hall–Kier alpha value is -2.54. The summed E-state index contributed by atoms with van der Waals surface area (Å²) in [4.78, 5) is 11.6. The van der Waals surface area contributed by atoms with E-state index < -0.39 is 17.6 Å². The van der Waals surface area contributed by atoms with Gasteiger partial charge in [-0.3, -0.25) is 4.79 Å². The summed E-state index contributed by atoms with van der Waals surface area (Å²) in [6, 6.07) is 11.0. The number of halogens is 4. The highest BCUT2D eigenvalue weighted by Crippen LogP contribution is 2.28. The summed E-state index contributed by atoms with van der Waals surface area (Å²) in [6.45, 7) is -0.298. The molecule has 126 valence electrons. The SMILES string of the molecule is O=C(COc1ccccc1Cl)N/N=C/c1ccc(C(F)(F)F)cc1. The van der Waals surface area contributed by atoms with Crippen molar-refractivity contribution in [1.29, 1.82) is 0 Å². The summed E-state index contributed by atoms with van der Waals surface area (Å²) >= 11 is 5.87. The molecule has 0 heterocycles. The van der Waals surface area contributed by atoms with Crippen molar-refractivity contribution in [3.63, 3.8) is 0 Å². The van der Waals surface area contributed by atoms with Crippen LogP contribution in [0.15, 0.2) is 53.6 Å². The number of hydrazone groups is 1. The Morgan fingerprint density at radius 2 is 1.83 bits per heavy atom. The molecule has 0 aliphatic rings. The molecule has 0 fully saturated rings. The zero-order valence-electron chi connectivity index (χ0n) is 12.2. The van der Waals surface area contributed by atoms with Crippen molar-refractivity contribution in [3.05, 3.63) is 64.7 Å². The van der Waals surface area contributed by atoms with Gasteiger partial charge in [0.25, 0.3) is 5.91 Å². The van der Waals surface area contributed by atoms with Crippen LogP contribution >= 0.6 is 11.6 Å². The Morgan fingerprint density at radius 3 is 2.46 bits per heavy atom. The number of para-hydroxylation sites is 1. The van der Waals surface area contributed by atoms with Gasteiger partial charge in [-0.05, 0) is 29.8 Å². The molecule has 2 aromatic rings. The number of ether oxygens (including phenoxy) is 1. The Balaban J connectivity index is 1.83. The molecule has 4 nitrogen and oxygen atoms in total. The monoisotopic (exact) mass is 356 g/mol. The van der Waals surface area contributed by atoms with Gasteiger partial charge in [-0.15, -0.1) is 0 Å². The van der Waals surface area contributed by atoms with Gasteiger partial charge in [0.1, 0.15) is 5.75 Å². The zero-order valence-corrected chi connectivity index (χ0v) is 12.9. The number of hydrogen-bond donors (Lipinski definition) is 1. The highest BCUT2D eigenvalue weighted by Gasteiger charge is 2.29. The molecule has 2 aromatic carbocycles. The van der Waals surface area contributed by atoms with E-state index in [1.54, 1.807) is 24.3 Å². The fourth-order valence-electron chi connectivity index (χ4n) is 1.67. The molecule has 0 saturated carbocycles. The van der Waals surface area contributed by atoms with Gasteiger partial charge in [0, 0.05) is 0 Å². The molecule has 0 aliphatic heterocycles. The number of benzene rings is 2. The highest BCUT2D eigenvalue weighted by atomic mass is 35.5. The van der Waals surface area contributed by atoms with E-state index >= 15 is 0 Å². The second-order valence-corrected chi connectivity index (χ2v) is 5.04. The first-order chi connectivity index (χ1) is 11.4. The minimum absolute atomic E-state index is 0.298. The summed E-state index contributed by atoms with van der Waals surface area (Å²) in [5.74, 6) is -0.167. The number of carbonyl (C=O) groups excluding carboxylic acids is 1. The van der Waals surface area contributed by atoms with Crippen LogP contribution in [0.1, 0.15) is 11.1 Å². The number of amides is 1. The van der Waals surface area contributed by atoms with E-state index in [-0.39, 0.29) is 6.61 Å². The Morgan fingerprint density at radius 1 is 1.17 bits per heavy atom. The van der Waals surface area contributed by atoms with E-state index in [1.807, 2.05) is 0 Å². The molecular formula is C16H12ClF3N2O2. The van der Waals surface area contributed by atoms with Crippen LogP contribution in [0, 0.1) is 0 Å². The molecule has 0 unspecified atom stereocenters. The number of nitrogens with zero attached hydrogens (tertiary/aromatic N) is 1. The molecule has 0 atom stereocenters. The van der Waals surface area contributed by atoms with Crippen LogP contribution in [0.5, 0.6) is 5.75 Å². The summed E-state index contributed by atoms with van der Waals surface area (Å²) in [7, 11) is 0. The molecule has 1 N–H and O–H groups in total. The predicted octanol–water partition coefficient (Wildman–Crippen LogP) is 3.89. The second kappa shape index (κ2) is 7.83. The number of hydrogen-bond acceptors (Lipinski definition) is 3. The van der Waals surface area contributed by atoms with Gasteiger partial charge in [0.05, 0.1) is 16.8 Å². The lowest BCUT2D eigenvalue weighted by Crippen LogP contribution is -2.24. The van der Waals surface area contributed by atoms with Gasteiger partial charge in [0.15, 0.2) is 6.61 Å². The van der Waals surface area contributed by atoms with E-state index in [4.69, 9.17) is 16.3 Å². The van der Waals surface area contributed by atoms with Crippen molar-refractivity contribution in [3.8, 4) is 5.75 Å². The van der Waals surface area contributed by atoms with E-state index in [1.165, 1.54) is 18.3 Å². The predicted molar refractivity (Wildman–Crippen MR) is 84.1 cm³/mol. The summed E-state index contributed by atoms with van der Waals surface area (Å²) in [5.41, 5.74) is 1.87. The van der Waals surface area contributed by atoms with E-state index in [0.717, 1.165) is 12.1 Å².